The van der Waals surface area contributed by atoms with Crippen LogP contribution in [-0.2, 0) is 22.2 Å². The van der Waals surface area contributed by atoms with Gasteiger partial charge in [-0.2, -0.15) is 18.2 Å². The fraction of sp³-hybridized carbons (Fsp3) is 0.484. The third-order valence-electron chi connectivity index (χ3n) is 7.23. The van der Waals surface area contributed by atoms with Crippen LogP contribution in [0.4, 0.5) is 13.2 Å². The van der Waals surface area contributed by atoms with Gasteiger partial charge in [0.1, 0.15) is 0 Å². The molecule has 0 saturated carbocycles. The third kappa shape index (κ3) is 9.72. The number of hydrogen-bond acceptors (Lipinski definition) is 5. The summed E-state index contributed by atoms with van der Waals surface area (Å²) in [6, 6.07) is 10.6. The van der Waals surface area contributed by atoms with E-state index in [-0.39, 0.29) is 0 Å². The van der Waals surface area contributed by atoms with Crippen LogP contribution in [0.5, 0.6) is 0 Å². The minimum Gasteiger partial charge on any atom is -0.474 e. The summed E-state index contributed by atoms with van der Waals surface area (Å²) in [5, 5.41) is 15.7. The average molecular weight is 574 g/mol. The Morgan fingerprint density at radius 1 is 0.878 bits per heavy atom. The zero-order valence-electron chi connectivity index (χ0n) is 23.5. The minimum atomic E-state index is -4.48. The molecule has 1 amide bonds. The van der Waals surface area contributed by atoms with Gasteiger partial charge >= 0.3 is 18.1 Å². The van der Waals surface area contributed by atoms with Crippen molar-refractivity contribution in [2.75, 3.05) is 0 Å². The molecule has 2 unspecified atom stereocenters. The molecule has 222 valence electrons. The maximum Gasteiger partial charge on any atom is 0.416 e. The molecule has 0 aliphatic heterocycles. The van der Waals surface area contributed by atoms with Crippen molar-refractivity contribution in [1.29, 1.82) is 0 Å². The number of hydrogen-bond donors (Lipinski definition) is 2. The number of carbonyl (C=O) groups excluding carboxylic acids is 1. The maximum atomic E-state index is 13.0. The van der Waals surface area contributed by atoms with Gasteiger partial charge in [-0.25, -0.2) is 4.79 Å². The zero-order chi connectivity index (χ0) is 29.8. The van der Waals surface area contributed by atoms with Gasteiger partial charge in [0.05, 0.1) is 11.6 Å². The van der Waals surface area contributed by atoms with Crippen molar-refractivity contribution >= 4 is 11.9 Å². The smallest absolute Gasteiger partial charge is 0.416 e. The van der Waals surface area contributed by atoms with E-state index in [1.807, 2.05) is 0 Å². The number of carboxylic acid groups (broad SMARTS) is 1. The van der Waals surface area contributed by atoms with E-state index in [2.05, 4.69) is 22.4 Å². The average Bonchev–Trinajstić information content (AvgIpc) is 3.43. The number of aromatic nitrogens is 2. The first-order chi connectivity index (χ1) is 19.6. The fourth-order valence-electron chi connectivity index (χ4n) is 4.77. The maximum absolute atomic E-state index is 13.0. The van der Waals surface area contributed by atoms with Gasteiger partial charge < -0.3 is 14.9 Å². The number of unbranched alkanes of at least 4 members (excludes halogenated alkanes) is 8. The van der Waals surface area contributed by atoms with Crippen LogP contribution < -0.4 is 5.32 Å². The van der Waals surface area contributed by atoms with E-state index in [9.17, 15) is 22.8 Å². The third-order valence-corrected chi connectivity index (χ3v) is 7.23. The Bertz CT molecular complexity index is 1240. The lowest BCUT2D eigenvalue weighted by Gasteiger charge is -2.26. The highest BCUT2D eigenvalue weighted by Crippen LogP contribution is 2.35. The molecule has 2 N–H and O–H groups in total. The molecule has 7 nitrogen and oxygen atoms in total. The van der Waals surface area contributed by atoms with Gasteiger partial charge in [-0.3, -0.25) is 4.79 Å². The van der Waals surface area contributed by atoms with Crippen molar-refractivity contribution in [1.82, 2.24) is 15.5 Å². The van der Waals surface area contributed by atoms with Crippen LogP contribution in [0.3, 0.4) is 0 Å². The quantitative estimate of drug-likeness (QED) is 0.142. The summed E-state index contributed by atoms with van der Waals surface area (Å²) in [5.41, 5.74) is 0.951. The van der Waals surface area contributed by atoms with Gasteiger partial charge in [0.15, 0.2) is 5.82 Å². The van der Waals surface area contributed by atoms with Gasteiger partial charge in [-0.15, -0.1) is 0 Å². The van der Waals surface area contributed by atoms with Crippen LogP contribution in [0, 0.1) is 0 Å². The SMILES string of the molecule is CCCCCCCCCCCc1noc(-c2ccc(C(NC(=O)C(=O)O)C(C)c3ccc(C(F)(F)F)cc3)cc2)n1. The Morgan fingerprint density at radius 2 is 1.44 bits per heavy atom. The molecular formula is C31H38F3N3O4. The number of rotatable bonds is 15. The molecule has 2 atom stereocenters. The molecule has 1 aromatic heterocycles. The standard InChI is InChI=1S/C31H38F3N3O4/c1-3-4-5-6-7-8-9-10-11-12-26-35-29(41-37-26)24-15-13-23(14-16-24)27(36-28(38)30(39)40)21(2)22-17-19-25(20-18-22)31(32,33)34/h13-21,27H,3-12H2,1-2H3,(H,36,38)(H,39,40). The predicted molar refractivity (Wildman–Crippen MR) is 149 cm³/mol. The van der Waals surface area contributed by atoms with Crippen molar-refractivity contribution in [2.45, 2.75) is 96.2 Å². The molecule has 0 spiro atoms. The molecule has 2 aromatic carbocycles. The molecule has 1 heterocycles. The molecular weight excluding hydrogens is 535 g/mol. The lowest BCUT2D eigenvalue weighted by molar-refractivity contribution is -0.150. The van der Waals surface area contributed by atoms with Crippen molar-refractivity contribution in [2.24, 2.45) is 0 Å². The number of aliphatic carboxylic acids is 1. The Hall–Kier alpha value is -3.69. The van der Waals surface area contributed by atoms with E-state index in [1.54, 1.807) is 31.2 Å². The first kappa shape index (κ1) is 31.8. The number of benzene rings is 2. The summed E-state index contributed by atoms with van der Waals surface area (Å²) in [4.78, 5) is 27.8. The summed E-state index contributed by atoms with van der Waals surface area (Å²) in [6.07, 6.45) is 7.28. The number of amides is 1. The monoisotopic (exact) mass is 573 g/mol. The highest BCUT2D eigenvalue weighted by Gasteiger charge is 2.31. The molecule has 0 fully saturated rings. The second-order valence-corrected chi connectivity index (χ2v) is 10.4. The number of aryl methyl sites for hydroxylation is 1. The zero-order valence-corrected chi connectivity index (χ0v) is 23.5. The number of carbonyl (C=O) groups is 2. The lowest BCUT2D eigenvalue weighted by Crippen LogP contribution is -2.36. The summed E-state index contributed by atoms with van der Waals surface area (Å²) in [7, 11) is 0. The molecule has 41 heavy (non-hydrogen) atoms. The summed E-state index contributed by atoms with van der Waals surface area (Å²) < 4.78 is 44.4. The normalized spacial score (nSPS) is 13.1. The van der Waals surface area contributed by atoms with Crippen molar-refractivity contribution in [3.63, 3.8) is 0 Å². The first-order valence-electron chi connectivity index (χ1n) is 14.2. The van der Waals surface area contributed by atoms with E-state index in [1.165, 1.54) is 57.1 Å². The van der Waals surface area contributed by atoms with Crippen LogP contribution in [0.25, 0.3) is 11.5 Å². The van der Waals surface area contributed by atoms with Crippen LogP contribution in [0.1, 0.15) is 106 Å². The van der Waals surface area contributed by atoms with Crippen molar-refractivity contribution < 1.29 is 32.4 Å². The molecule has 0 radical (unpaired) electrons. The molecule has 10 heteroatoms. The Balaban J connectivity index is 1.63. The summed E-state index contributed by atoms with van der Waals surface area (Å²) in [6.45, 7) is 3.93. The second kappa shape index (κ2) is 15.3. The largest absolute Gasteiger partial charge is 0.474 e. The number of nitrogens with one attached hydrogen (secondary N) is 1. The van der Waals surface area contributed by atoms with E-state index < -0.39 is 35.6 Å². The van der Waals surface area contributed by atoms with Gasteiger partial charge in [0, 0.05) is 17.9 Å². The van der Waals surface area contributed by atoms with E-state index in [0.29, 0.717) is 28.4 Å². The molecule has 0 aliphatic rings. The fourth-order valence-corrected chi connectivity index (χ4v) is 4.77. The number of nitrogens with zero attached hydrogens (tertiary/aromatic N) is 2. The Labute approximate surface area is 238 Å². The lowest BCUT2D eigenvalue weighted by atomic mass is 9.87. The van der Waals surface area contributed by atoms with Crippen molar-refractivity contribution in [3.8, 4) is 11.5 Å². The molecule has 0 saturated heterocycles. The summed E-state index contributed by atoms with van der Waals surface area (Å²) in [5.74, 6) is -2.41. The highest BCUT2D eigenvalue weighted by atomic mass is 19.4. The number of halogens is 3. The highest BCUT2D eigenvalue weighted by molar-refractivity contribution is 6.31. The minimum absolute atomic E-state index is 0.351. The van der Waals surface area contributed by atoms with E-state index >= 15 is 0 Å². The molecule has 0 bridgehead atoms. The van der Waals surface area contributed by atoms with Gasteiger partial charge in [0.2, 0.25) is 0 Å². The molecule has 3 aromatic rings. The number of carboxylic acids is 1. The Morgan fingerprint density at radius 3 is 2.00 bits per heavy atom. The predicted octanol–water partition coefficient (Wildman–Crippen LogP) is 7.87. The van der Waals surface area contributed by atoms with Crippen molar-refractivity contribution in [3.05, 3.63) is 71.0 Å². The van der Waals surface area contributed by atoms with E-state index in [0.717, 1.165) is 31.4 Å². The Kier molecular flexibility index (Phi) is 11.9. The summed E-state index contributed by atoms with van der Waals surface area (Å²) >= 11 is 0. The van der Waals surface area contributed by atoms with Crippen LogP contribution in [-0.4, -0.2) is 27.1 Å². The van der Waals surface area contributed by atoms with E-state index in [4.69, 9.17) is 9.63 Å². The van der Waals surface area contributed by atoms with Gasteiger partial charge in [-0.1, -0.05) is 94.6 Å². The first-order valence-corrected chi connectivity index (χ1v) is 14.2. The number of alkyl halides is 3. The molecule has 0 aliphatic carbocycles. The van der Waals surface area contributed by atoms with Gasteiger partial charge in [0.25, 0.3) is 5.89 Å². The van der Waals surface area contributed by atoms with Crippen LogP contribution in [0.15, 0.2) is 53.1 Å². The van der Waals surface area contributed by atoms with Crippen LogP contribution >= 0.6 is 0 Å². The molecule has 3 rings (SSSR count). The van der Waals surface area contributed by atoms with Gasteiger partial charge in [-0.05, 0) is 41.8 Å². The topological polar surface area (TPSA) is 105 Å². The second-order valence-electron chi connectivity index (χ2n) is 10.4. The van der Waals surface area contributed by atoms with Crippen LogP contribution in [0.2, 0.25) is 0 Å².